The van der Waals surface area contributed by atoms with Crippen LogP contribution >= 0.6 is 0 Å². The van der Waals surface area contributed by atoms with Crippen molar-refractivity contribution in [3.8, 4) is 5.75 Å². The summed E-state index contributed by atoms with van der Waals surface area (Å²) < 4.78 is 5.18. The van der Waals surface area contributed by atoms with Crippen LogP contribution in [0.3, 0.4) is 0 Å². The van der Waals surface area contributed by atoms with E-state index in [0.717, 1.165) is 17.5 Å². The van der Waals surface area contributed by atoms with Crippen molar-refractivity contribution in [3.05, 3.63) is 83.4 Å². The van der Waals surface area contributed by atoms with Crippen molar-refractivity contribution in [1.29, 1.82) is 0 Å². The van der Waals surface area contributed by atoms with Gasteiger partial charge in [0.1, 0.15) is 23.5 Å². The first-order chi connectivity index (χ1) is 17.7. The standard InChI is InChI=1S/C26H28N6O5/c1-16(2)23(33)32-26(36)31-19-9-7-17(8-10-19)13-27-24(34)21-12-22(30-15-29-21)25(35)28-14-18-5-4-6-20(11-18)37-3/h4-12,15-16H,13-14H2,1-3H3,(H,27,34)(H,28,35)(H2,31,32,33,36). The third-order valence-corrected chi connectivity index (χ3v) is 5.15. The minimum Gasteiger partial charge on any atom is -0.497 e. The largest absolute Gasteiger partial charge is 0.497 e. The molecule has 0 fully saturated rings. The van der Waals surface area contributed by atoms with Crippen molar-refractivity contribution in [2.45, 2.75) is 26.9 Å². The SMILES string of the molecule is COc1cccc(CNC(=O)c2cc(C(=O)NCc3ccc(NC(=O)NC(=O)C(C)C)cc3)ncn2)c1. The molecule has 0 aliphatic heterocycles. The van der Waals surface area contributed by atoms with Gasteiger partial charge < -0.3 is 20.7 Å². The number of anilines is 1. The highest BCUT2D eigenvalue weighted by molar-refractivity contribution is 6.01. The first-order valence-electron chi connectivity index (χ1n) is 11.5. The molecule has 1 aromatic heterocycles. The predicted octanol–water partition coefficient (Wildman–Crippen LogP) is 2.65. The highest BCUT2D eigenvalue weighted by Gasteiger charge is 2.14. The summed E-state index contributed by atoms with van der Waals surface area (Å²) in [6, 6.07) is 14.7. The van der Waals surface area contributed by atoms with E-state index in [1.165, 1.54) is 6.07 Å². The molecule has 3 aromatic rings. The van der Waals surface area contributed by atoms with Gasteiger partial charge in [-0.2, -0.15) is 0 Å². The maximum Gasteiger partial charge on any atom is 0.325 e. The average Bonchev–Trinajstić information content (AvgIpc) is 2.91. The van der Waals surface area contributed by atoms with E-state index in [9.17, 15) is 19.2 Å². The molecule has 11 nitrogen and oxygen atoms in total. The Morgan fingerprint density at radius 3 is 2.05 bits per heavy atom. The van der Waals surface area contributed by atoms with E-state index >= 15 is 0 Å². The number of imide groups is 1. The number of benzene rings is 2. The van der Waals surface area contributed by atoms with Crippen LogP contribution in [-0.4, -0.2) is 40.8 Å². The molecule has 2 aromatic carbocycles. The first kappa shape index (κ1) is 26.8. The zero-order chi connectivity index (χ0) is 26.8. The fraction of sp³-hybridized carbons (Fsp3) is 0.231. The van der Waals surface area contributed by atoms with E-state index in [2.05, 4.69) is 31.2 Å². The van der Waals surface area contributed by atoms with Crippen LogP contribution in [0.2, 0.25) is 0 Å². The molecule has 37 heavy (non-hydrogen) atoms. The van der Waals surface area contributed by atoms with E-state index in [1.54, 1.807) is 45.2 Å². The normalized spacial score (nSPS) is 10.4. The van der Waals surface area contributed by atoms with Crippen molar-refractivity contribution in [1.82, 2.24) is 25.9 Å². The van der Waals surface area contributed by atoms with Crippen molar-refractivity contribution in [2.24, 2.45) is 5.92 Å². The molecule has 5 amide bonds. The Bertz CT molecular complexity index is 1280. The van der Waals surface area contributed by atoms with Gasteiger partial charge in [-0.25, -0.2) is 14.8 Å². The van der Waals surface area contributed by atoms with Gasteiger partial charge in [0, 0.05) is 30.8 Å². The quantitative estimate of drug-likeness (QED) is 0.350. The lowest BCUT2D eigenvalue weighted by molar-refractivity contribution is -0.122. The third-order valence-electron chi connectivity index (χ3n) is 5.15. The Morgan fingerprint density at radius 1 is 0.838 bits per heavy atom. The van der Waals surface area contributed by atoms with Crippen molar-refractivity contribution in [2.75, 3.05) is 12.4 Å². The van der Waals surface area contributed by atoms with E-state index in [-0.39, 0.29) is 36.3 Å². The van der Waals surface area contributed by atoms with Crippen molar-refractivity contribution >= 4 is 29.4 Å². The minimum atomic E-state index is -0.619. The van der Waals surface area contributed by atoms with Crippen LogP contribution in [0.5, 0.6) is 5.75 Å². The molecule has 11 heteroatoms. The highest BCUT2D eigenvalue weighted by Crippen LogP contribution is 2.13. The number of nitrogens with zero attached hydrogens (tertiary/aromatic N) is 2. The Kier molecular flexibility index (Phi) is 9.25. The molecule has 0 radical (unpaired) electrons. The van der Waals surface area contributed by atoms with Gasteiger partial charge in [-0.1, -0.05) is 38.1 Å². The molecule has 0 atom stereocenters. The number of carbonyl (C=O) groups excluding carboxylic acids is 4. The number of amides is 5. The first-order valence-corrected chi connectivity index (χ1v) is 11.5. The van der Waals surface area contributed by atoms with E-state index in [0.29, 0.717) is 11.4 Å². The zero-order valence-corrected chi connectivity index (χ0v) is 20.7. The number of nitrogens with one attached hydrogen (secondary N) is 4. The van der Waals surface area contributed by atoms with Gasteiger partial charge >= 0.3 is 6.03 Å². The van der Waals surface area contributed by atoms with E-state index in [1.807, 2.05) is 24.3 Å². The summed E-state index contributed by atoms with van der Waals surface area (Å²) >= 11 is 0. The highest BCUT2D eigenvalue weighted by atomic mass is 16.5. The van der Waals surface area contributed by atoms with Crippen LogP contribution in [0.15, 0.2) is 60.9 Å². The predicted molar refractivity (Wildman–Crippen MR) is 136 cm³/mol. The Hall–Kier alpha value is -4.80. The molecular formula is C26H28N6O5. The molecule has 0 aliphatic rings. The molecule has 192 valence electrons. The fourth-order valence-electron chi connectivity index (χ4n) is 3.06. The summed E-state index contributed by atoms with van der Waals surface area (Å²) in [5, 5.41) is 10.3. The molecule has 0 aliphatic carbocycles. The Balaban J connectivity index is 1.51. The molecule has 0 spiro atoms. The number of methoxy groups -OCH3 is 1. The molecular weight excluding hydrogens is 476 g/mol. The van der Waals surface area contributed by atoms with Crippen LogP contribution in [-0.2, 0) is 17.9 Å². The van der Waals surface area contributed by atoms with Gasteiger partial charge in [-0.3, -0.25) is 19.7 Å². The van der Waals surface area contributed by atoms with Gasteiger partial charge in [-0.15, -0.1) is 0 Å². The van der Waals surface area contributed by atoms with Crippen LogP contribution in [0.25, 0.3) is 0 Å². The number of ether oxygens (including phenoxy) is 1. The molecule has 1 heterocycles. The summed E-state index contributed by atoms with van der Waals surface area (Å²) in [6.45, 7) is 3.83. The molecule has 0 saturated heterocycles. The second-order valence-corrected chi connectivity index (χ2v) is 8.30. The lowest BCUT2D eigenvalue weighted by atomic mass is 10.2. The maximum atomic E-state index is 12.6. The number of urea groups is 1. The lowest BCUT2D eigenvalue weighted by Crippen LogP contribution is -2.36. The van der Waals surface area contributed by atoms with Crippen molar-refractivity contribution < 1.29 is 23.9 Å². The van der Waals surface area contributed by atoms with Crippen LogP contribution in [0, 0.1) is 5.92 Å². The third kappa shape index (κ3) is 8.13. The molecule has 3 rings (SSSR count). The Morgan fingerprint density at radius 2 is 1.46 bits per heavy atom. The minimum absolute atomic E-state index is 0.0475. The van der Waals surface area contributed by atoms with Gasteiger partial charge in [0.05, 0.1) is 7.11 Å². The van der Waals surface area contributed by atoms with Gasteiger partial charge in [0.15, 0.2) is 0 Å². The summed E-state index contributed by atoms with van der Waals surface area (Å²) in [7, 11) is 1.57. The average molecular weight is 505 g/mol. The maximum absolute atomic E-state index is 12.6. The zero-order valence-electron chi connectivity index (χ0n) is 20.7. The second kappa shape index (κ2) is 12.8. The summed E-state index contributed by atoms with van der Waals surface area (Å²) in [5.41, 5.74) is 2.22. The van der Waals surface area contributed by atoms with Gasteiger partial charge in [0.25, 0.3) is 11.8 Å². The van der Waals surface area contributed by atoms with Crippen LogP contribution in [0.1, 0.15) is 46.0 Å². The lowest BCUT2D eigenvalue weighted by Gasteiger charge is -2.10. The number of aromatic nitrogens is 2. The van der Waals surface area contributed by atoms with E-state index in [4.69, 9.17) is 4.74 Å². The molecule has 0 bridgehead atoms. The molecule has 0 unspecified atom stereocenters. The topological polar surface area (TPSA) is 151 Å². The fourth-order valence-corrected chi connectivity index (χ4v) is 3.06. The van der Waals surface area contributed by atoms with Crippen molar-refractivity contribution in [3.63, 3.8) is 0 Å². The number of hydrogen-bond donors (Lipinski definition) is 4. The number of carbonyl (C=O) groups is 4. The monoisotopic (exact) mass is 504 g/mol. The van der Waals surface area contributed by atoms with Crippen LogP contribution in [0.4, 0.5) is 10.5 Å². The number of rotatable bonds is 9. The van der Waals surface area contributed by atoms with Gasteiger partial charge in [0.2, 0.25) is 5.91 Å². The molecule has 0 saturated carbocycles. The summed E-state index contributed by atoms with van der Waals surface area (Å²) in [6.07, 6.45) is 1.16. The van der Waals surface area contributed by atoms with E-state index < -0.39 is 17.8 Å². The molecule has 4 N–H and O–H groups in total. The van der Waals surface area contributed by atoms with Crippen LogP contribution < -0.4 is 26.0 Å². The smallest absolute Gasteiger partial charge is 0.325 e. The second-order valence-electron chi connectivity index (χ2n) is 8.30. The van der Waals surface area contributed by atoms with Gasteiger partial charge in [-0.05, 0) is 35.4 Å². The summed E-state index contributed by atoms with van der Waals surface area (Å²) in [5.74, 6) is -0.920. The summed E-state index contributed by atoms with van der Waals surface area (Å²) in [4.78, 5) is 56.4. The Labute approximate surface area is 214 Å². The number of hydrogen-bond acceptors (Lipinski definition) is 7.